The predicted molar refractivity (Wildman–Crippen MR) is 81.4 cm³/mol. The summed E-state index contributed by atoms with van der Waals surface area (Å²) in [7, 11) is 0. The first kappa shape index (κ1) is 11.5. The Morgan fingerprint density at radius 3 is 2.65 bits per heavy atom. The molecular formula is C15H9BrN4. The molecule has 0 radical (unpaired) electrons. The number of nitrogens with zero attached hydrogens (tertiary/aromatic N) is 4. The van der Waals surface area contributed by atoms with Crippen LogP contribution in [0.5, 0.6) is 0 Å². The molecular weight excluding hydrogens is 316 g/mol. The molecule has 0 aliphatic rings. The molecule has 2 aromatic carbocycles. The topological polar surface area (TPSA) is 43.1 Å². The van der Waals surface area contributed by atoms with Crippen LogP contribution in [0.15, 0.2) is 59.2 Å². The van der Waals surface area contributed by atoms with E-state index in [4.69, 9.17) is 0 Å². The Hall–Kier alpha value is -2.27. The van der Waals surface area contributed by atoms with Crippen molar-refractivity contribution in [2.75, 3.05) is 0 Å². The second-order valence-corrected chi connectivity index (χ2v) is 5.39. The van der Waals surface area contributed by atoms with Gasteiger partial charge < -0.3 is 0 Å². The Balaban J connectivity index is 2.13. The zero-order valence-electron chi connectivity index (χ0n) is 10.4. The van der Waals surface area contributed by atoms with Crippen molar-refractivity contribution < 1.29 is 0 Å². The van der Waals surface area contributed by atoms with Crippen molar-refractivity contribution in [3.63, 3.8) is 0 Å². The highest BCUT2D eigenvalue weighted by atomic mass is 79.9. The summed E-state index contributed by atoms with van der Waals surface area (Å²) in [6, 6.07) is 16.1. The molecule has 0 bridgehead atoms. The molecule has 0 atom stereocenters. The maximum atomic E-state index is 4.42. The fourth-order valence-corrected chi connectivity index (χ4v) is 2.66. The van der Waals surface area contributed by atoms with Crippen molar-refractivity contribution >= 4 is 32.6 Å². The van der Waals surface area contributed by atoms with Gasteiger partial charge in [-0.25, -0.2) is 0 Å². The fraction of sp³-hybridized carbons (Fsp3) is 0. The molecule has 0 saturated carbocycles. The Morgan fingerprint density at radius 2 is 1.80 bits per heavy atom. The summed E-state index contributed by atoms with van der Waals surface area (Å²) in [6.07, 6.45) is 1.74. The molecule has 0 unspecified atom stereocenters. The average Bonchev–Trinajstić information content (AvgIpc) is 2.92. The van der Waals surface area contributed by atoms with E-state index < -0.39 is 0 Å². The zero-order chi connectivity index (χ0) is 13.5. The van der Waals surface area contributed by atoms with Crippen LogP contribution < -0.4 is 0 Å². The molecule has 2 heterocycles. The van der Waals surface area contributed by atoms with Crippen LogP contribution in [0.2, 0.25) is 0 Å². The highest BCUT2D eigenvalue weighted by molar-refractivity contribution is 9.10. The van der Waals surface area contributed by atoms with Gasteiger partial charge in [-0.1, -0.05) is 46.3 Å². The summed E-state index contributed by atoms with van der Waals surface area (Å²) >= 11 is 3.47. The lowest BCUT2D eigenvalue weighted by molar-refractivity contribution is 1.12. The number of aromatic nitrogens is 4. The van der Waals surface area contributed by atoms with Crippen LogP contribution in [-0.4, -0.2) is 19.6 Å². The first-order valence-electron chi connectivity index (χ1n) is 6.18. The minimum Gasteiger partial charge on any atom is -0.272 e. The van der Waals surface area contributed by atoms with Crippen LogP contribution >= 0.6 is 15.9 Å². The van der Waals surface area contributed by atoms with Gasteiger partial charge in [0.15, 0.2) is 11.5 Å². The number of rotatable bonds is 1. The average molecular weight is 325 g/mol. The molecule has 4 rings (SSSR count). The van der Waals surface area contributed by atoms with E-state index in [1.165, 1.54) is 0 Å². The summed E-state index contributed by atoms with van der Waals surface area (Å²) in [5.74, 6) is 0.829. The quantitative estimate of drug-likeness (QED) is 0.536. The number of hydrogen-bond acceptors (Lipinski definition) is 3. The van der Waals surface area contributed by atoms with Gasteiger partial charge in [-0.15, -0.1) is 10.2 Å². The second-order valence-electron chi connectivity index (χ2n) is 4.47. The van der Waals surface area contributed by atoms with E-state index in [-0.39, 0.29) is 0 Å². The highest BCUT2D eigenvalue weighted by Crippen LogP contribution is 2.24. The van der Waals surface area contributed by atoms with Gasteiger partial charge in [-0.2, -0.15) is 0 Å². The molecule has 0 fully saturated rings. The van der Waals surface area contributed by atoms with Gasteiger partial charge in [0.1, 0.15) is 0 Å². The van der Waals surface area contributed by atoms with Crippen LogP contribution in [0.3, 0.4) is 0 Å². The zero-order valence-corrected chi connectivity index (χ0v) is 11.9. The van der Waals surface area contributed by atoms with Crippen LogP contribution in [0.25, 0.3) is 28.1 Å². The lowest BCUT2D eigenvalue weighted by Crippen LogP contribution is -1.93. The largest absolute Gasteiger partial charge is 0.272 e. The molecule has 5 heteroatoms. The van der Waals surface area contributed by atoms with E-state index >= 15 is 0 Å². The molecule has 96 valence electrons. The van der Waals surface area contributed by atoms with Crippen molar-refractivity contribution in [3.05, 3.63) is 59.2 Å². The SMILES string of the molecule is Brc1ccc2c(c1)ncc1nnc(-c3ccccc3)n12. The molecule has 0 saturated heterocycles. The van der Waals surface area contributed by atoms with Gasteiger partial charge in [-0.3, -0.25) is 9.38 Å². The molecule has 0 N–H and O–H groups in total. The predicted octanol–water partition coefficient (Wildman–Crippen LogP) is 3.71. The van der Waals surface area contributed by atoms with E-state index in [0.717, 1.165) is 32.5 Å². The molecule has 2 aromatic heterocycles. The Kier molecular flexibility index (Phi) is 2.53. The van der Waals surface area contributed by atoms with Gasteiger partial charge in [0.25, 0.3) is 0 Å². The molecule has 0 aliphatic heterocycles. The third-order valence-corrected chi connectivity index (χ3v) is 3.71. The first-order valence-corrected chi connectivity index (χ1v) is 6.97. The van der Waals surface area contributed by atoms with E-state index in [0.29, 0.717) is 0 Å². The maximum Gasteiger partial charge on any atom is 0.180 e. The number of benzene rings is 2. The number of halogens is 1. The monoisotopic (exact) mass is 324 g/mol. The third-order valence-electron chi connectivity index (χ3n) is 3.22. The Labute approximate surface area is 123 Å². The number of hydrogen-bond donors (Lipinski definition) is 0. The third kappa shape index (κ3) is 1.71. The lowest BCUT2D eigenvalue weighted by Gasteiger charge is -2.04. The summed E-state index contributed by atoms with van der Waals surface area (Å²) in [4.78, 5) is 4.42. The van der Waals surface area contributed by atoms with Crippen LogP contribution in [0.4, 0.5) is 0 Å². The first-order chi connectivity index (χ1) is 9.83. The molecule has 20 heavy (non-hydrogen) atoms. The smallest absolute Gasteiger partial charge is 0.180 e. The highest BCUT2D eigenvalue weighted by Gasteiger charge is 2.11. The van der Waals surface area contributed by atoms with Crippen molar-refractivity contribution in [3.8, 4) is 11.4 Å². The van der Waals surface area contributed by atoms with Crippen molar-refractivity contribution in [1.29, 1.82) is 0 Å². The number of fused-ring (bicyclic) bond motifs is 3. The van der Waals surface area contributed by atoms with Crippen LogP contribution in [0.1, 0.15) is 0 Å². The molecule has 4 aromatic rings. The minimum atomic E-state index is 0.749. The Bertz CT molecular complexity index is 915. The van der Waals surface area contributed by atoms with Crippen molar-refractivity contribution in [2.45, 2.75) is 0 Å². The normalized spacial score (nSPS) is 11.2. The van der Waals surface area contributed by atoms with Crippen LogP contribution in [0, 0.1) is 0 Å². The molecule has 0 amide bonds. The summed E-state index contributed by atoms with van der Waals surface area (Å²) in [5.41, 5.74) is 3.69. The standard InChI is InChI=1S/C15H9BrN4/c16-11-6-7-13-12(8-11)17-9-14-18-19-15(20(13)14)10-4-2-1-3-5-10/h1-9H. The maximum absolute atomic E-state index is 4.42. The lowest BCUT2D eigenvalue weighted by atomic mass is 10.2. The second kappa shape index (κ2) is 4.38. The van der Waals surface area contributed by atoms with Crippen molar-refractivity contribution in [1.82, 2.24) is 19.6 Å². The fourth-order valence-electron chi connectivity index (χ4n) is 2.31. The molecule has 0 aliphatic carbocycles. The molecule has 0 spiro atoms. The van der Waals surface area contributed by atoms with E-state index in [2.05, 4.69) is 31.1 Å². The van der Waals surface area contributed by atoms with Gasteiger partial charge in [0.2, 0.25) is 0 Å². The summed E-state index contributed by atoms with van der Waals surface area (Å²) in [6.45, 7) is 0. The van der Waals surface area contributed by atoms with E-state index in [1.807, 2.05) is 52.9 Å². The van der Waals surface area contributed by atoms with Gasteiger partial charge in [0, 0.05) is 10.0 Å². The summed E-state index contributed by atoms with van der Waals surface area (Å²) in [5, 5.41) is 8.51. The Morgan fingerprint density at radius 1 is 0.950 bits per heavy atom. The molecule has 4 nitrogen and oxygen atoms in total. The van der Waals surface area contributed by atoms with Gasteiger partial charge in [0.05, 0.1) is 17.2 Å². The van der Waals surface area contributed by atoms with Crippen LogP contribution in [-0.2, 0) is 0 Å². The van der Waals surface area contributed by atoms with E-state index in [9.17, 15) is 0 Å². The van der Waals surface area contributed by atoms with E-state index in [1.54, 1.807) is 6.20 Å². The van der Waals surface area contributed by atoms with Gasteiger partial charge in [-0.05, 0) is 18.2 Å². The minimum absolute atomic E-state index is 0.749. The van der Waals surface area contributed by atoms with Crippen molar-refractivity contribution in [2.24, 2.45) is 0 Å². The summed E-state index contributed by atoms with van der Waals surface area (Å²) < 4.78 is 3.04. The van der Waals surface area contributed by atoms with Gasteiger partial charge >= 0.3 is 0 Å².